The van der Waals surface area contributed by atoms with E-state index in [9.17, 15) is 13.2 Å². The Morgan fingerprint density at radius 3 is 2.29 bits per heavy atom. The molecule has 1 aromatic rings. The number of nitrogens with one attached hydrogen (secondary N) is 1. The third-order valence-electron chi connectivity index (χ3n) is 2.67. The molecule has 7 nitrogen and oxygen atoms in total. The number of nitrogens with zero attached hydrogens (tertiary/aromatic N) is 1. The van der Waals surface area contributed by atoms with E-state index in [4.69, 9.17) is 10.2 Å². The first kappa shape index (κ1) is 17.4. The van der Waals surface area contributed by atoms with Crippen LogP contribution in [0.5, 0.6) is 0 Å². The lowest BCUT2D eigenvalue weighted by Crippen LogP contribution is -2.43. The second-order valence-corrected chi connectivity index (χ2v) is 6.57. The molecule has 0 spiro atoms. The molecule has 0 saturated heterocycles. The normalized spacial score (nSPS) is 11.6. The van der Waals surface area contributed by atoms with Crippen LogP contribution in [-0.4, -0.2) is 44.3 Å². The van der Waals surface area contributed by atoms with Crippen LogP contribution in [0.15, 0.2) is 24.3 Å². The van der Waals surface area contributed by atoms with Crippen LogP contribution in [0.2, 0.25) is 0 Å². The van der Waals surface area contributed by atoms with Gasteiger partial charge in [-0.2, -0.15) is 13.1 Å². The van der Waals surface area contributed by atoms with Gasteiger partial charge in [0.15, 0.2) is 0 Å². The van der Waals surface area contributed by atoms with Gasteiger partial charge in [0.05, 0.1) is 24.4 Å². The zero-order chi connectivity index (χ0) is 16.0. The van der Waals surface area contributed by atoms with E-state index < -0.39 is 16.2 Å². The van der Waals surface area contributed by atoms with Gasteiger partial charge in [0.25, 0.3) is 0 Å². The first-order valence-corrected chi connectivity index (χ1v) is 7.93. The van der Waals surface area contributed by atoms with E-state index in [2.05, 4.69) is 4.72 Å². The Morgan fingerprint density at radius 1 is 1.29 bits per heavy atom. The second-order valence-electron chi connectivity index (χ2n) is 4.90. The molecular formula is C13H20N2O5S. The van der Waals surface area contributed by atoms with Gasteiger partial charge < -0.3 is 10.2 Å². The fourth-order valence-corrected chi connectivity index (χ4v) is 3.02. The van der Waals surface area contributed by atoms with Gasteiger partial charge in [-0.15, -0.1) is 0 Å². The molecule has 0 aliphatic rings. The lowest BCUT2D eigenvalue weighted by molar-refractivity contribution is 0.0697. The van der Waals surface area contributed by atoms with Crippen LogP contribution in [0.25, 0.3) is 0 Å². The summed E-state index contributed by atoms with van der Waals surface area (Å²) in [5, 5.41) is 17.9. The first-order chi connectivity index (χ1) is 9.77. The summed E-state index contributed by atoms with van der Waals surface area (Å²) in [5.41, 5.74) is 0.362. The number of aromatic carboxylic acids is 1. The zero-order valence-electron chi connectivity index (χ0n) is 12.0. The van der Waals surface area contributed by atoms with E-state index >= 15 is 0 Å². The minimum Gasteiger partial charge on any atom is -0.478 e. The number of benzene rings is 1. The van der Waals surface area contributed by atoms with Gasteiger partial charge in [-0.25, -0.2) is 4.79 Å². The largest absolute Gasteiger partial charge is 0.478 e. The van der Waals surface area contributed by atoms with Gasteiger partial charge in [0.2, 0.25) is 0 Å². The number of hydrogen-bond donors (Lipinski definition) is 3. The lowest BCUT2D eigenvalue weighted by Gasteiger charge is -2.24. The number of carbonyl (C=O) groups is 1. The molecule has 0 fully saturated rings. The Labute approximate surface area is 124 Å². The van der Waals surface area contributed by atoms with E-state index in [1.165, 1.54) is 24.3 Å². The monoisotopic (exact) mass is 316 g/mol. The number of carboxylic acid groups (broad SMARTS) is 1. The fraction of sp³-hybridized carbons (Fsp3) is 0.462. The van der Waals surface area contributed by atoms with Crippen LogP contribution < -0.4 is 9.03 Å². The third kappa shape index (κ3) is 5.00. The number of anilines is 1. The van der Waals surface area contributed by atoms with Crippen LogP contribution >= 0.6 is 0 Å². The van der Waals surface area contributed by atoms with Gasteiger partial charge in [-0.1, -0.05) is 13.8 Å². The highest BCUT2D eigenvalue weighted by Gasteiger charge is 2.22. The van der Waals surface area contributed by atoms with Crippen molar-refractivity contribution >= 4 is 21.9 Å². The van der Waals surface area contributed by atoms with Crippen molar-refractivity contribution in [2.24, 2.45) is 5.92 Å². The van der Waals surface area contributed by atoms with E-state index in [-0.39, 0.29) is 31.2 Å². The van der Waals surface area contributed by atoms with Gasteiger partial charge in [-0.3, -0.25) is 4.31 Å². The molecule has 0 atom stereocenters. The predicted molar refractivity (Wildman–Crippen MR) is 79.6 cm³/mol. The Balaban J connectivity index is 3.02. The Bertz CT molecular complexity index is 569. The maximum absolute atomic E-state index is 12.2. The zero-order valence-corrected chi connectivity index (χ0v) is 12.8. The van der Waals surface area contributed by atoms with Crippen molar-refractivity contribution in [1.82, 2.24) is 4.72 Å². The predicted octanol–water partition coefficient (Wildman–Crippen LogP) is 0.674. The number of rotatable bonds is 8. The van der Waals surface area contributed by atoms with E-state index in [1.807, 2.05) is 13.8 Å². The number of aliphatic hydroxyl groups is 1. The van der Waals surface area contributed by atoms with Crippen molar-refractivity contribution in [2.45, 2.75) is 13.8 Å². The number of aliphatic hydroxyl groups excluding tert-OH is 1. The van der Waals surface area contributed by atoms with Gasteiger partial charge in [0.1, 0.15) is 0 Å². The van der Waals surface area contributed by atoms with E-state index in [0.29, 0.717) is 5.69 Å². The summed E-state index contributed by atoms with van der Waals surface area (Å²) in [6, 6.07) is 5.43. The topological polar surface area (TPSA) is 107 Å². The van der Waals surface area contributed by atoms with E-state index in [1.54, 1.807) is 0 Å². The summed E-state index contributed by atoms with van der Waals surface area (Å²) in [5.74, 6) is -0.943. The molecule has 0 aliphatic heterocycles. The summed E-state index contributed by atoms with van der Waals surface area (Å²) in [7, 11) is -3.79. The Hall–Kier alpha value is -1.64. The maximum Gasteiger partial charge on any atom is 0.335 e. The molecule has 21 heavy (non-hydrogen) atoms. The number of carboxylic acids is 1. The molecule has 1 aromatic carbocycles. The molecule has 0 heterocycles. The third-order valence-corrected chi connectivity index (χ3v) is 4.17. The summed E-state index contributed by atoms with van der Waals surface area (Å²) in [6.45, 7) is 3.57. The van der Waals surface area contributed by atoms with Crippen molar-refractivity contribution in [3.05, 3.63) is 29.8 Å². The minimum absolute atomic E-state index is 0.0650. The lowest BCUT2D eigenvalue weighted by atomic mass is 10.2. The standard InChI is InChI=1S/C13H20N2O5S/c1-10(2)9-14-21(19,20)15(7-8-16)12-5-3-11(4-6-12)13(17)18/h3-6,10,14,16H,7-9H2,1-2H3,(H,17,18). The molecular weight excluding hydrogens is 296 g/mol. The number of hydrogen-bond acceptors (Lipinski definition) is 4. The molecule has 118 valence electrons. The molecule has 8 heteroatoms. The average molecular weight is 316 g/mol. The molecule has 0 amide bonds. The van der Waals surface area contributed by atoms with Crippen molar-refractivity contribution in [3.8, 4) is 0 Å². The minimum atomic E-state index is -3.79. The van der Waals surface area contributed by atoms with Crippen LogP contribution in [0.1, 0.15) is 24.2 Å². The molecule has 3 N–H and O–H groups in total. The summed E-state index contributed by atoms with van der Waals surface area (Å²) in [6.07, 6.45) is 0. The highest BCUT2D eigenvalue weighted by Crippen LogP contribution is 2.18. The van der Waals surface area contributed by atoms with Gasteiger partial charge in [-0.05, 0) is 30.2 Å². The first-order valence-electron chi connectivity index (χ1n) is 6.49. The van der Waals surface area contributed by atoms with Crippen molar-refractivity contribution in [3.63, 3.8) is 0 Å². The average Bonchev–Trinajstić information content (AvgIpc) is 2.42. The van der Waals surface area contributed by atoms with Crippen LogP contribution in [-0.2, 0) is 10.2 Å². The maximum atomic E-state index is 12.2. The van der Waals surface area contributed by atoms with Crippen LogP contribution in [0, 0.1) is 5.92 Å². The highest BCUT2D eigenvalue weighted by molar-refractivity contribution is 7.90. The van der Waals surface area contributed by atoms with E-state index in [0.717, 1.165) is 4.31 Å². The highest BCUT2D eigenvalue weighted by atomic mass is 32.2. The summed E-state index contributed by atoms with van der Waals surface area (Å²) < 4.78 is 27.9. The Kier molecular flexibility index (Phi) is 6.13. The van der Waals surface area contributed by atoms with Crippen LogP contribution in [0.3, 0.4) is 0 Å². The quantitative estimate of drug-likeness (QED) is 0.653. The molecule has 0 bridgehead atoms. The Morgan fingerprint density at radius 2 is 1.86 bits per heavy atom. The van der Waals surface area contributed by atoms with Crippen molar-refractivity contribution in [1.29, 1.82) is 0 Å². The molecule has 0 saturated carbocycles. The van der Waals surface area contributed by atoms with Gasteiger partial charge in [0, 0.05) is 6.54 Å². The summed E-state index contributed by atoms with van der Waals surface area (Å²) in [4.78, 5) is 10.8. The molecule has 0 aliphatic carbocycles. The fourth-order valence-electron chi connectivity index (χ4n) is 1.60. The molecule has 0 aromatic heterocycles. The SMILES string of the molecule is CC(C)CNS(=O)(=O)N(CCO)c1ccc(C(=O)O)cc1. The van der Waals surface area contributed by atoms with Crippen molar-refractivity contribution < 1.29 is 23.4 Å². The smallest absolute Gasteiger partial charge is 0.335 e. The van der Waals surface area contributed by atoms with Crippen LogP contribution in [0.4, 0.5) is 5.69 Å². The molecule has 0 radical (unpaired) electrons. The van der Waals surface area contributed by atoms with Crippen molar-refractivity contribution in [2.75, 3.05) is 24.0 Å². The van der Waals surface area contributed by atoms with Gasteiger partial charge >= 0.3 is 16.2 Å². The molecule has 0 unspecified atom stereocenters. The second kappa shape index (κ2) is 7.39. The summed E-state index contributed by atoms with van der Waals surface area (Å²) >= 11 is 0. The molecule has 1 rings (SSSR count).